The number of aliphatic hydroxyl groups excluding tert-OH is 1. The number of carbonyl (C=O) groups excluding carboxylic acids is 1. The number of Topliss-reactive ketones (excluding diaryl/α,β-unsaturated/α-hetero) is 1. The summed E-state index contributed by atoms with van der Waals surface area (Å²) in [5.74, 6) is 1.25. The van der Waals surface area contributed by atoms with Gasteiger partial charge in [-0.1, -0.05) is 12.1 Å². The Kier molecular flexibility index (Phi) is 5.21. The predicted molar refractivity (Wildman–Crippen MR) is 118 cm³/mol. The zero-order valence-corrected chi connectivity index (χ0v) is 18.0. The maximum absolute atomic E-state index is 13.4. The van der Waals surface area contributed by atoms with Gasteiger partial charge in [0.2, 0.25) is 0 Å². The molecule has 2 aliphatic rings. The standard InChI is InChI=1S/C25H25FN4O2/c1-16-27-11-10-24(28-16)30-12-2-3-20-21(30)8-9-22(29-20)25(14-19(31)15-25)23(32)13-17-4-6-18(26)7-5-17/h4-11,19,31H,2-3,12-15H2,1H3. The number of halogens is 1. The van der Waals surface area contributed by atoms with Crippen LogP contribution in [-0.2, 0) is 23.1 Å². The van der Waals surface area contributed by atoms with E-state index in [0.29, 0.717) is 18.7 Å². The normalized spacial score (nSPS) is 22.2. The Morgan fingerprint density at radius 2 is 1.94 bits per heavy atom. The zero-order valence-electron chi connectivity index (χ0n) is 18.0. The molecule has 1 aliphatic heterocycles. The van der Waals surface area contributed by atoms with E-state index >= 15 is 0 Å². The number of fused-ring (bicyclic) bond motifs is 1. The second kappa shape index (κ2) is 8.06. The summed E-state index contributed by atoms with van der Waals surface area (Å²) in [5, 5.41) is 10.1. The number of hydrogen-bond acceptors (Lipinski definition) is 6. The number of rotatable bonds is 5. The van der Waals surface area contributed by atoms with Crippen molar-refractivity contribution in [3.05, 3.63) is 77.3 Å². The van der Waals surface area contributed by atoms with Gasteiger partial charge in [0, 0.05) is 19.2 Å². The van der Waals surface area contributed by atoms with Crippen LogP contribution in [-0.4, -0.2) is 38.5 Å². The molecule has 1 aliphatic carbocycles. The molecule has 0 atom stereocenters. The molecule has 5 rings (SSSR count). The molecule has 3 aromatic rings. The number of anilines is 2. The van der Waals surface area contributed by atoms with Gasteiger partial charge in [-0.15, -0.1) is 0 Å². The minimum Gasteiger partial charge on any atom is -0.393 e. The zero-order chi connectivity index (χ0) is 22.3. The molecule has 0 bridgehead atoms. The lowest BCUT2D eigenvalue weighted by molar-refractivity contribution is -0.132. The van der Waals surface area contributed by atoms with Gasteiger partial charge in [0.05, 0.1) is 28.6 Å². The highest BCUT2D eigenvalue weighted by Gasteiger charge is 2.51. The van der Waals surface area contributed by atoms with Gasteiger partial charge in [-0.3, -0.25) is 9.78 Å². The van der Waals surface area contributed by atoms with E-state index in [2.05, 4.69) is 14.9 Å². The van der Waals surface area contributed by atoms with Crippen molar-refractivity contribution in [2.75, 3.05) is 11.4 Å². The largest absolute Gasteiger partial charge is 0.393 e. The third kappa shape index (κ3) is 3.66. The summed E-state index contributed by atoms with van der Waals surface area (Å²) in [6.45, 7) is 2.71. The van der Waals surface area contributed by atoms with Crippen molar-refractivity contribution in [1.29, 1.82) is 0 Å². The van der Waals surface area contributed by atoms with Gasteiger partial charge in [-0.05, 0) is 68.5 Å². The summed E-state index contributed by atoms with van der Waals surface area (Å²) < 4.78 is 13.2. The van der Waals surface area contributed by atoms with E-state index in [1.807, 2.05) is 25.1 Å². The minimum atomic E-state index is -0.795. The first-order chi connectivity index (χ1) is 15.4. The highest BCUT2D eigenvalue weighted by atomic mass is 19.1. The number of carbonyl (C=O) groups is 1. The van der Waals surface area contributed by atoms with E-state index in [9.17, 15) is 14.3 Å². The number of hydrogen-bond donors (Lipinski definition) is 1. The molecule has 1 aromatic carbocycles. The van der Waals surface area contributed by atoms with Crippen molar-refractivity contribution in [3.63, 3.8) is 0 Å². The van der Waals surface area contributed by atoms with Crippen LogP contribution >= 0.6 is 0 Å². The van der Waals surface area contributed by atoms with Crippen molar-refractivity contribution >= 4 is 17.3 Å². The molecule has 1 saturated carbocycles. The van der Waals surface area contributed by atoms with Crippen LogP contribution in [0.2, 0.25) is 0 Å². The first-order valence-electron chi connectivity index (χ1n) is 11.0. The van der Waals surface area contributed by atoms with Gasteiger partial charge in [-0.25, -0.2) is 14.4 Å². The number of nitrogens with zero attached hydrogens (tertiary/aromatic N) is 4. The molecule has 1 N–H and O–H groups in total. The van der Waals surface area contributed by atoms with E-state index in [4.69, 9.17) is 4.98 Å². The number of aromatic nitrogens is 3. The van der Waals surface area contributed by atoms with Crippen LogP contribution in [0, 0.1) is 12.7 Å². The van der Waals surface area contributed by atoms with Crippen molar-refractivity contribution in [2.24, 2.45) is 0 Å². The third-order valence-corrected chi connectivity index (χ3v) is 6.54. The highest BCUT2D eigenvalue weighted by molar-refractivity contribution is 5.92. The van der Waals surface area contributed by atoms with Crippen LogP contribution in [0.25, 0.3) is 0 Å². The van der Waals surface area contributed by atoms with Crippen molar-refractivity contribution < 1.29 is 14.3 Å². The summed E-state index contributed by atoms with van der Waals surface area (Å²) in [6.07, 6.45) is 3.94. The number of pyridine rings is 1. The summed E-state index contributed by atoms with van der Waals surface area (Å²) >= 11 is 0. The Labute approximate surface area is 186 Å². The molecule has 0 spiro atoms. The second-order valence-corrected chi connectivity index (χ2v) is 8.75. The predicted octanol–water partition coefficient (Wildman–Crippen LogP) is 3.61. The summed E-state index contributed by atoms with van der Waals surface area (Å²) in [5.41, 5.74) is 2.63. The van der Waals surface area contributed by atoms with Crippen LogP contribution < -0.4 is 4.90 Å². The van der Waals surface area contributed by atoms with Crippen molar-refractivity contribution in [2.45, 2.75) is 50.5 Å². The topological polar surface area (TPSA) is 79.2 Å². The highest BCUT2D eigenvalue weighted by Crippen LogP contribution is 2.46. The van der Waals surface area contributed by atoms with Crippen molar-refractivity contribution in [1.82, 2.24) is 15.0 Å². The fourth-order valence-electron chi connectivity index (χ4n) is 4.83. The van der Waals surface area contributed by atoms with E-state index in [1.54, 1.807) is 18.3 Å². The van der Waals surface area contributed by atoms with E-state index in [0.717, 1.165) is 47.8 Å². The SMILES string of the molecule is Cc1nccc(N2CCCc3nc(C4(C(=O)Cc5ccc(F)cc5)CC(O)C4)ccc32)n1. The van der Waals surface area contributed by atoms with E-state index < -0.39 is 11.5 Å². The van der Waals surface area contributed by atoms with Crippen molar-refractivity contribution in [3.8, 4) is 0 Å². The average molecular weight is 432 g/mol. The van der Waals surface area contributed by atoms with Gasteiger partial charge < -0.3 is 10.0 Å². The van der Waals surface area contributed by atoms with E-state index in [1.165, 1.54) is 12.1 Å². The number of benzene rings is 1. The number of ketones is 1. The minimum absolute atomic E-state index is 0.0148. The van der Waals surface area contributed by atoms with E-state index in [-0.39, 0.29) is 18.0 Å². The fraction of sp³-hybridized carbons (Fsp3) is 0.360. The molecule has 0 amide bonds. The fourth-order valence-corrected chi connectivity index (χ4v) is 4.83. The maximum Gasteiger partial charge on any atom is 0.149 e. The smallest absolute Gasteiger partial charge is 0.149 e. The number of aliphatic hydroxyl groups is 1. The molecule has 7 heteroatoms. The monoisotopic (exact) mass is 432 g/mol. The Balaban J connectivity index is 1.46. The number of aryl methyl sites for hydroxylation is 2. The van der Waals surface area contributed by atoms with Gasteiger partial charge in [0.15, 0.2) is 0 Å². The molecule has 0 saturated heterocycles. The lowest BCUT2D eigenvalue weighted by Crippen LogP contribution is -2.52. The van der Waals surface area contributed by atoms with Crippen LogP contribution in [0.5, 0.6) is 0 Å². The second-order valence-electron chi connectivity index (χ2n) is 8.75. The molecule has 2 aromatic heterocycles. The molecule has 0 radical (unpaired) electrons. The summed E-state index contributed by atoms with van der Waals surface area (Å²) in [4.78, 5) is 29.2. The molecule has 3 heterocycles. The molecule has 0 unspecified atom stereocenters. The lowest BCUT2D eigenvalue weighted by Gasteiger charge is -2.44. The quantitative estimate of drug-likeness (QED) is 0.664. The Morgan fingerprint density at radius 1 is 1.16 bits per heavy atom. The molecule has 32 heavy (non-hydrogen) atoms. The third-order valence-electron chi connectivity index (χ3n) is 6.54. The Morgan fingerprint density at radius 3 is 2.66 bits per heavy atom. The maximum atomic E-state index is 13.4. The molecule has 1 fully saturated rings. The van der Waals surface area contributed by atoms with Gasteiger partial charge in [-0.2, -0.15) is 0 Å². The molecule has 164 valence electrons. The first kappa shape index (κ1) is 20.7. The summed E-state index contributed by atoms with van der Waals surface area (Å²) in [7, 11) is 0. The molecular weight excluding hydrogens is 407 g/mol. The molecule has 6 nitrogen and oxygen atoms in total. The van der Waals surface area contributed by atoms with Crippen LogP contribution in [0.15, 0.2) is 48.7 Å². The first-order valence-corrected chi connectivity index (χ1v) is 11.0. The summed E-state index contributed by atoms with van der Waals surface area (Å²) in [6, 6.07) is 11.8. The Bertz CT molecular complexity index is 1160. The van der Waals surface area contributed by atoms with Crippen LogP contribution in [0.3, 0.4) is 0 Å². The van der Waals surface area contributed by atoms with Crippen LogP contribution in [0.4, 0.5) is 15.9 Å². The molecular formula is C25H25FN4O2. The van der Waals surface area contributed by atoms with Crippen LogP contribution in [0.1, 0.15) is 42.0 Å². The Hall–Kier alpha value is -3.19. The van der Waals surface area contributed by atoms with Gasteiger partial charge in [0.1, 0.15) is 23.2 Å². The average Bonchev–Trinajstić information content (AvgIpc) is 2.77. The van der Waals surface area contributed by atoms with Gasteiger partial charge >= 0.3 is 0 Å². The lowest BCUT2D eigenvalue weighted by atomic mass is 9.61. The van der Waals surface area contributed by atoms with Gasteiger partial charge in [0.25, 0.3) is 0 Å².